The van der Waals surface area contributed by atoms with E-state index < -0.39 is 5.60 Å². The second-order valence-electron chi connectivity index (χ2n) is 9.88. The second kappa shape index (κ2) is 5.61. The maximum atomic E-state index is 11.2. The molecule has 1 N–H and O–H groups in total. The van der Waals surface area contributed by atoms with Crippen molar-refractivity contribution in [1.29, 1.82) is 0 Å². The van der Waals surface area contributed by atoms with Gasteiger partial charge >= 0.3 is 0 Å². The van der Waals surface area contributed by atoms with E-state index in [1.807, 2.05) is 0 Å². The average Bonchev–Trinajstić information content (AvgIpc) is 2.81. The molecule has 7 atom stereocenters. The van der Waals surface area contributed by atoms with Crippen LogP contribution in [0.4, 0.5) is 0 Å². The molecule has 3 saturated carbocycles. The Bertz CT molecular complexity index is 478. The van der Waals surface area contributed by atoms with E-state index in [2.05, 4.69) is 41.2 Å². The van der Waals surface area contributed by atoms with Gasteiger partial charge in [-0.1, -0.05) is 39.3 Å². The van der Waals surface area contributed by atoms with Crippen molar-refractivity contribution in [3.05, 3.63) is 12.2 Å². The highest BCUT2D eigenvalue weighted by molar-refractivity contribution is 5.16. The van der Waals surface area contributed by atoms with E-state index in [9.17, 15) is 5.11 Å². The van der Waals surface area contributed by atoms with E-state index >= 15 is 0 Å². The summed E-state index contributed by atoms with van der Waals surface area (Å²) in [5.41, 5.74) is 1.51. The normalized spacial score (nSPS) is 52.8. The molecule has 3 aliphatic rings. The molecule has 0 bridgehead atoms. The molecule has 0 radical (unpaired) electrons. The van der Waals surface area contributed by atoms with Crippen molar-refractivity contribution >= 4 is 0 Å². The molecule has 3 rings (SSSR count). The molecule has 0 aromatic carbocycles. The molecule has 1 nitrogen and oxygen atoms in total. The number of aliphatic hydroxyl groups is 1. The molecule has 0 heterocycles. The SMILES string of the molecule is C=C(C)C1CCC2C3CCC(C)(O)C(C)(CCC)C3CCC12C. The van der Waals surface area contributed by atoms with Crippen LogP contribution < -0.4 is 0 Å². The molecule has 3 aliphatic carbocycles. The van der Waals surface area contributed by atoms with Crippen LogP contribution in [-0.2, 0) is 0 Å². The summed E-state index contributed by atoms with van der Waals surface area (Å²) in [7, 11) is 0. The number of rotatable bonds is 3. The summed E-state index contributed by atoms with van der Waals surface area (Å²) in [5.74, 6) is 3.13. The second-order valence-corrected chi connectivity index (χ2v) is 9.88. The number of hydrogen-bond acceptors (Lipinski definition) is 1. The van der Waals surface area contributed by atoms with Crippen molar-refractivity contribution in [2.24, 2.45) is 34.5 Å². The van der Waals surface area contributed by atoms with Crippen molar-refractivity contribution in [2.75, 3.05) is 0 Å². The molecule has 0 amide bonds. The van der Waals surface area contributed by atoms with Gasteiger partial charge in [0.25, 0.3) is 0 Å². The Hall–Kier alpha value is -0.300. The molecule has 0 spiro atoms. The first kappa shape index (κ1) is 17.5. The van der Waals surface area contributed by atoms with Gasteiger partial charge in [0.05, 0.1) is 5.60 Å². The van der Waals surface area contributed by atoms with E-state index in [1.54, 1.807) is 0 Å². The summed E-state index contributed by atoms with van der Waals surface area (Å²) < 4.78 is 0. The molecular formula is C22H38O. The highest BCUT2D eigenvalue weighted by Crippen LogP contribution is 2.67. The van der Waals surface area contributed by atoms with Gasteiger partial charge in [-0.2, -0.15) is 0 Å². The molecule has 1 heteroatoms. The van der Waals surface area contributed by atoms with Crippen molar-refractivity contribution in [2.45, 2.75) is 91.6 Å². The maximum absolute atomic E-state index is 11.2. The summed E-state index contributed by atoms with van der Waals surface area (Å²) in [6.07, 6.45) is 9.98. The van der Waals surface area contributed by atoms with Gasteiger partial charge in [-0.05, 0) is 93.3 Å². The molecule has 0 aromatic rings. The van der Waals surface area contributed by atoms with Gasteiger partial charge in [0, 0.05) is 0 Å². The molecular weight excluding hydrogens is 280 g/mol. The molecule has 132 valence electrons. The van der Waals surface area contributed by atoms with Gasteiger partial charge in [-0.15, -0.1) is 0 Å². The smallest absolute Gasteiger partial charge is 0.0675 e. The van der Waals surface area contributed by atoms with Crippen molar-refractivity contribution < 1.29 is 5.11 Å². The van der Waals surface area contributed by atoms with Gasteiger partial charge in [-0.25, -0.2) is 0 Å². The van der Waals surface area contributed by atoms with Gasteiger partial charge in [-0.3, -0.25) is 0 Å². The predicted molar refractivity (Wildman–Crippen MR) is 98.2 cm³/mol. The minimum atomic E-state index is -0.482. The number of hydrogen-bond donors (Lipinski definition) is 1. The van der Waals surface area contributed by atoms with Crippen LogP contribution in [0.2, 0.25) is 0 Å². The van der Waals surface area contributed by atoms with Crippen molar-refractivity contribution in [3.8, 4) is 0 Å². The lowest BCUT2D eigenvalue weighted by Gasteiger charge is -2.61. The topological polar surface area (TPSA) is 20.2 Å². The summed E-state index contributed by atoms with van der Waals surface area (Å²) in [5, 5.41) is 11.2. The van der Waals surface area contributed by atoms with E-state index in [0.717, 1.165) is 24.2 Å². The summed E-state index contributed by atoms with van der Waals surface area (Å²) in [6.45, 7) is 15.9. The first-order valence-electron chi connectivity index (χ1n) is 10.0. The van der Waals surface area contributed by atoms with Crippen molar-refractivity contribution in [1.82, 2.24) is 0 Å². The zero-order valence-corrected chi connectivity index (χ0v) is 16.1. The molecule has 7 unspecified atom stereocenters. The number of fused-ring (bicyclic) bond motifs is 3. The first-order chi connectivity index (χ1) is 10.7. The Morgan fingerprint density at radius 3 is 2.35 bits per heavy atom. The molecule has 23 heavy (non-hydrogen) atoms. The van der Waals surface area contributed by atoms with E-state index in [-0.39, 0.29) is 5.41 Å². The van der Waals surface area contributed by atoms with Crippen LogP contribution in [0.3, 0.4) is 0 Å². The predicted octanol–water partition coefficient (Wildman–Crippen LogP) is 5.97. The third kappa shape index (κ3) is 2.36. The van der Waals surface area contributed by atoms with Crippen LogP contribution in [0.25, 0.3) is 0 Å². The summed E-state index contributed by atoms with van der Waals surface area (Å²) in [4.78, 5) is 0. The van der Waals surface area contributed by atoms with Gasteiger partial charge in [0.2, 0.25) is 0 Å². The van der Waals surface area contributed by atoms with Gasteiger partial charge in [0.15, 0.2) is 0 Å². The molecule has 0 aromatic heterocycles. The van der Waals surface area contributed by atoms with Crippen LogP contribution in [0.1, 0.15) is 86.0 Å². The third-order valence-corrected chi connectivity index (χ3v) is 8.81. The fourth-order valence-electron chi connectivity index (χ4n) is 7.40. The zero-order valence-electron chi connectivity index (χ0n) is 16.1. The molecule has 0 aliphatic heterocycles. The average molecular weight is 319 g/mol. The summed E-state index contributed by atoms with van der Waals surface area (Å²) in [6, 6.07) is 0. The Morgan fingerprint density at radius 1 is 1.04 bits per heavy atom. The lowest BCUT2D eigenvalue weighted by molar-refractivity contribution is -0.180. The Labute approximate surface area is 143 Å². The number of allylic oxidation sites excluding steroid dienone is 1. The molecule has 0 saturated heterocycles. The first-order valence-corrected chi connectivity index (χ1v) is 10.0. The Morgan fingerprint density at radius 2 is 1.74 bits per heavy atom. The Balaban J connectivity index is 1.93. The minimum Gasteiger partial charge on any atom is -0.390 e. The Kier molecular flexibility index (Phi) is 4.28. The fraction of sp³-hybridized carbons (Fsp3) is 0.909. The van der Waals surface area contributed by atoms with Crippen LogP contribution in [-0.4, -0.2) is 10.7 Å². The van der Waals surface area contributed by atoms with E-state index in [4.69, 9.17) is 0 Å². The fourth-order valence-corrected chi connectivity index (χ4v) is 7.40. The van der Waals surface area contributed by atoms with Crippen LogP contribution in [0, 0.1) is 34.5 Å². The lowest BCUT2D eigenvalue weighted by Crippen LogP contribution is -2.58. The quantitative estimate of drug-likeness (QED) is 0.635. The standard InChI is InChI=1S/C22H38O/c1-7-12-21(5)19-11-13-20(4)17(15(2)3)8-9-18(20)16(19)10-14-22(21,6)23/h16-19,23H,2,7-14H2,1,3-6H3. The maximum Gasteiger partial charge on any atom is 0.0675 e. The minimum absolute atomic E-state index is 0.104. The van der Waals surface area contributed by atoms with Gasteiger partial charge < -0.3 is 5.11 Å². The molecule has 3 fully saturated rings. The van der Waals surface area contributed by atoms with Crippen LogP contribution in [0.5, 0.6) is 0 Å². The highest BCUT2D eigenvalue weighted by atomic mass is 16.3. The summed E-state index contributed by atoms with van der Waals surface area (Å²) >= 11 is 0. The monoisotopic (exact) mass is 318 g/mol. The third-order valence-electron chi connectivity index (χ3n) is 8.81. The zero-order chi connectivity index (χ0) is 17.0. The van der Waals surface area contributed by atoms with Crippen LogP contribution >= 0.6 is 0 Å². The van der Waals surface area contributed by atoms with Gasteiger partial charge in [0.1, 0.15) is 0 Å². The van der Waals surface area contributed by atoms with Crippen molar-refractivity contribution in [3.63, 3.8) is 0 Å². The van der Waals surface area contributed by atoms with Crippen LogP contribution in [0.15, 0.2) is 12.2 Å². The highest BCUT2D eigenvalue weighted by Gasteiger charge is 2.61. The van der Waals surface area contributed by atoms with E-state index in [1.165, 1.54) is 50.5 Å². The lowest BCUT2D eigenvalue weighted by atomic mass is 9.45. The van der Waals surface area contributed by atoms with E-state index in [0.29, 0.717) is 11.3 Å². The largest absolute Gasteiger partial charge is 0.390 e.